The van der Waals surface area contributed by atoms with E-state index >= 15 is 0 Å². The van der Waals surface area contributed by atoms with E-state index in [9.17, 15) is 19.2 Å². The highest BCUT2D eigenvalue weighted by atomic mass is 35.5. The van der Waals surface area contributed by atoms with E-state index in [0.29, 0.717) is 69.6 Å². The lowest BCUT2D eigenvalue weighted by atomic mass is 10.0. The van der Waals surface area contributed by atoms with Gasteiger partial charge < -0.3 is 9.80 Å². The Bertz CT molecular complexity index is 1670. The fourth-order valence-electron chi connectivity index (χ4n) is 5.21. The molecule has 3 heterocycles. The van der Waals surface area contributed by atoms with Crippen LogP contribution < -0.4 is 15.4 Å². The first-order valence-electron chi connectivity index (χ1n) is 13.2. The number of aromatic nitrogens is 1. The van der Waals surface area contributed by atoms with Crippen LogP contribution in [0.3, 0.4) is 0 Å². The molecule has 3 aromatic rings. The van der Waals surface area contributed by atoms with E-state index < -0.39 is 0 Å². The zero-order valence-corrected chi connectivity index (χ0v) is 25.0. The van der Waals surface area contributed by atoms with Crippen molar-refractivity contribution >= 4 is 63.4 Å². The van der Waals surface area contributed by atoms with Crippen LogP contribution in [0, 0.1) is 24.1 Å². The first-order valence-corrected chi connectivity index (χ1v) is 14.8. The van der Waals surface area contributed by atoms with Gasteiger partial charge in [-0.3, -0.25) is 19.1 Å². The molecule has 1 amide bonds. The van der Waals surface area contributed by atoms with E-state index in [1.54, 1.807) is 35.8 Å². The number of pyridine rings is 1. The van der Waals surface area contributed by atoms with Crippen LogP contribution in [0.5, 0.6) is 0 Å². The van der Waals surface area contributed by atoms with Gasteiger partial charge >= 0.3 is 0 Å². The van der Waals surface area contributed by atoms with Crippen LogP contribution in [-0.4, -0.2) is 45.9 Å². The van der Waals surface area contributed by atoms with Crippen molar-refractivity contribution in [3.05, 3.63) is 96.9 Å². The van der Waals surface area contributed by atoms with E-state index in [0.717, 1.165) is 5.56 Å². The molecule has 0 unspecified atom stereocenters. The van der Waals surface area contributed by atoms with Gasteiger partial charge in [-0.15, -0.1) is 0 Å². The van der Waals surface area contributed by atoms with Crippen molar-refractivity contribution in [2.24, 2.45) is 0 Å². The van der Waals surface area contributed by atoms with Gasteiger partial charge in [0.2, 0.25) is 0 Å². The van der Waals surface area contributed by atoms with Crippen molar-refractivity contribution in [1.82, 2.24) is 9.47 Å². The first kappa shape index (κ1) is 28.9. The zero-order chi connectivity index (χ0) is 29.3. The summed E-state index contributed by atoms with van der Waals surface area (Å²) in [6.07, 6.45) is 1.74. The molecular formula is C30H27ClFN5O2S2. The van der Waals surface area contributed by atoms with Crippen LogP contribution in [0.25, 0.3) is 6.08 Å². The predicted molar refractivity (Wildman–Crippen MR) is 167 cm³/mol. The zero-order valence-electron chi connectivity index (χ0n) is 22.6. The van der Waals surface area contributed by atoms with Crippen molar-refractivity contribution in [2.75, 3.05) is 36.0 Å². The minimum atomic E-state index is -0.373. The third kappa shape index (κ3) is 5.49. The maximum Gasteiger partial charge on any atom is 0.270 e. The van der Waals surface area contributed by atoms with Crippen molar-refractivity contribution < 1.29 is 9.18 Å². The fraction of sp³-hybridized carbons (Fsp3) is 0.267. The lowest BCUT2D eigenvalue weighted by Gasteiger charge is -2.39. The summed E-state index contributed by atoms with van der Waals surface area (Å²) in [5.74, 6) is 0.0982. The average molecular weight is 608 g/mol. The quantitative estimate of drug-likeness (QED) is 0.268. The van der Waals surface area contributed by atoms with Crippen LogP contribution in [0.15, 0.2) is 58.2 Å². The number of rotatable bonds is 6. The molecule has 0 atom stereocenters. The SMILES string of the molecule is CCn1c(N2CCN(c3ccccc3F)CC2)c(C=C2SC(=S)N(Cc3ccccc3Cl)C2=O)c(C)c(C#N)c1=O. The van der Waals surface area contributed by atoms with Gasteiger partial charge in [-0.05, 0) is 49.2 Å². The molecule has 2 fully saturated rings. The highest BCUT2D eigenvalue weighted by Crippen LogP contribution is 2.37. The van der Waals surface area contributed by atoms with Gasteiger partial charge in [-0.2, -0.15) is 5.26 Å². The number of hydrogen-bond acceptors (Lipinski definition) is 7. The monoisotopic (exact) mass is 607 g/mol. The summed E-state index contributed by atoms with van der Waals surface area (Å²) in [6, 6.07) is 16.0. The van der Waals surface area contributed by atoms with Crippen molar-refractivity contribution in [3.8, 4) is 6.07 Å². The summed E-state index contributed by atoms with van der Waals surface area (Å²) in [5, 5.41) is 10.4. The first-order chi connectivity index (χ1) is 19.7. The Morgan fingerprint density at radius 1 is 1.07 bits per heavy atom. The van der Waals surface area contributed by atoms with Gasteiger partial charge in [0, 0.05) is 43.3 Å². The number of carbonyl (C=O) groups is 1. The Balaban J connectivity index is 1.53. The largest absolute Gasteiger partial charge is 0.366 e. The molecule has 2 aliphatic rings. The number of amides is 1. The summed E-state index contributed by atoms with van der Waals surface area (Å²) >= 11 is 13.1. The molecule has 1 aromatic heterocycles. The normalized spacial score (nSPS) is 16.6. The van der Waals surface area contributed by atoms with Crippen LogP contribution >= 0.6 is 35.6 Å². The van der Waals surface area contributed by atoms with Crippen molar-refractivity contribution in [3.63, 3.8) is 0 Å². The molecule has 0 saturated carbocycles. The Labute approximate surface area is 252 Å². The number of nitrogens with zero attached hydrogens (tertiary/aromatic N) is 5. The maximum absolute atomic E-state index is 14.5. The molecule has 0 spiro atoms. The van der Waals surface area contributed by atoms with E-state index in [1.807, 2.05) is 36.1 Å². The van der Waals surface area contributed by atoms with Crippen LogP contribution in [0.2, 0.25) is 5.02 Å². The molecular weight excluding hydrogens is 581 g/mol. The molecule has 2 saturated heterocycles. The second kappa shape index (κ2) is 12.1. The summed E-state index contributed by atoms with van der Waals surface area (Å²) in [7, 11) is 0. The molecule has 2 aliphatic heterocycles. The minimum Gasteiger partial charge on any atom is -0.366 e. The molecule has 7 nitrogen and oxygen atoms in total. The molecule has 0 N–H and O–H groups in total. The standard InChI is InChI=1S/C30H27ClFN5O2S2/c1-3-36-27(35-14-12-34(13-15-35)25-11-7-6-10-24(25)32)21(19(2)22(17-33)28(36)38)16-26-29(39)37(30(40)41-26)18-20-8-4-5-9-23(20)31/h4-11,16H,3,12-15,18H2,1-2H3. The van der Waals surface area contributed by atoms with Gasteiger partial charge in [0.05, 0.1) is 17.1 Å². The number of benzene rings is 2. The lowest BCUT2D eigenvalue weighted by molar-refractivity contribution is -0.122. The molecule has 0 aliphatic carbocycles. The lowest BCUT2D eigenvalue weighted by Crippen LogP contribution is -2.49. The van der Waals surface area contributed by atoms with Gasteiger partial charge in [-0.25, -0.2) is 4.39 Å². The number of anilines is 2. The fourth-order valence-corrected chi connectivity index (χ4v) is 6.64. The van der Waals surface area contributed by atoms with E-state index in [2.05, 4.69) is 11.0 Å². The molecule has 5 rings (SSSR count). The van der Waals surface area contributed by atoms with E-state index in [-0.39, 0.29) is 29.4 Å². The third-order valence-electron chi connectivity index (χ3n) is 7.37. The Kier molecular flexibility index (Phi) is 8.50. The molecule has 2 aromatic carbocycles. The molecule has 0 bridgehead atoms. The molecule has 11 heteroatoms. The minimum absolute atomic E-state index is 0.0402. The summed E-state index contributed by atoms with van der Waals surface area (Å²) in [6.45, 7) is 6.28. The van der Waals surface area contributed by atoms with Gasteiger partial charge in [0.1, 0.15) is 27.6 Å². The number of para-hydroxylation sites is 1. The highest BCUT2D eigenvalue weighted by Gasteiger charge is 2.34. The van der Waals surface area contributed by atoms with Crippen molar-refractivity contribution in [2.45, 2.75) is 26.9 Å². The Hall–Kier alpha value is -3.65. The maximum atomic E-state index is 14.5. The number of thiocarbonyl (C=S) groups is 1. The van der Waals surface area contributed by atoms with E-state index in [4.69, 9.17) is 23.8 Å². The van der Waals surface area contributed by atoms with Crippen LogP contribution in [-0.2, 0) is 17.9 Å². The summed E-state index contributed by atoms with van der Waals surface area (Å²) in [5.41, 5.74) is 2.12. The van der Waals surface area contributed by atoms with Crippen molar-refractivity contribution in [1.29, 1.82) is 5.26 Å². The second-order valence-corrected chi connectivity index (χ2v) is 11.8. The average Bonchev–Trinajstić information content (AvgIpc) is 3.23. The molecule has 0 radical (unpaired) electrons. The van der Waals surface area contributed by atoms with Gasteiger partial charge in [0.15, 0.2) is 0 Å². The van der Waals surface area contributed by atoms with E-state index in [1.165, 1.54) is 22.7 Å². The number of hydrogen-bond donors (Lipinski definition) is 0. The predicted octanol–water partition coefficient (Wildman–Crippen LogP) is 5.57. The van der Waals surface area contributed by atoms with Gasteiger partial charge in [0.25, 0.3) is 11.5 Å². The van der Waals surface area contributed by atoms with Crippen LogP contribution in [0.4, 0.5) is 15.9 Å². The Morgan fingerprint density at radius 3 is 2.39 bits per heavy atom. The summed E-state index contributed by atoms with van der Waals surface area (Å²) < 4.78 is 16.4. The van der Waals surface area contributed by atoms with Gasteiger partial charge in [-0.1, -0.05) is 65.9 Å². The van der Waals surface area contributed by atoms with Crippen LogP contribution in [0.1, 0.15) is 29.2 Å². The Morgan fingerprint density at radius 2 is 1.73 bits per heavy atom. The smallest absolute Gasteiger partial charge is 0.270 e. The third-order valence-corrected chi connectivity index (χ3v) is 9.12. The topological polar surface area (TPSA) is 72.6 Å². The number of halogens is 2. The number of piperazine rings is 1. The second-order valence-electron chi connectivity index (χ2n) is 9.68. The number of thioether (sulfide) groups is 1. The highest BCUT2D eigenvalue weighted by molar-refractivity contribution is 8.26. The summed E-state index contributed by atoms with van der Waals surface area (Å²) in [4.78, 5) is 32.9. The number of carbonyl (C=O) groups excluding carboxylic acids is 1. The molecule has 41 heavy (non-hydrogen) atoms. The number of nitriles is 1. The molecule has 210 valence electrons.